The van der Waals surface area contributed by atoms with Crippen LogP contribution in [0.15, 0.2) is 36.4 Å². The predicted molar refractivity (Wildman–Crippen MR) is 146 cm³/mol. The van der Waals surface area contributed by atoms with Crippen LogP contribution in [-0.2, 0) is 16.0 Å². The van der Waals surface area contributed by atoms with Gasteiger partial charge in [0.1, 0.15) is 0 Å². The zero-order valence-electron chi connectivity index (χ0n) is 22.6. The third-order valence-electron chi connectivity index (χ3n) is 6.84. The molecule has 0 saturated carbocycles. The van der Waals surface area contributed by atoms with Crippen LogP contribution in [0.1, 0.15) is 72.7 Å². The van der Waals surface area contributed by atoms with Gasteiger partial charge in [-0.3, -0.25) is 0 Å². The highest BCUT2D eigenvalue weighted by atomic mass is 16.5. The Morgan fingerprint density at radius 3 is 1.77 bits per heavy atom. The van der Waals surface area contributed by atoms with E-state index in [2.05, 4.69) is 64.1 Å². The van der Waals surface area contributed by atoms with E-state index in [-0.39, 0.29) is 0 Å². The molecule has 186 valence electrons. The van der Waals surface area contributed by atoms with Gasteiger partial charge in [-0.2, -0.15) is 0 Å². The molecule has 0 amide bonds. The molecule has 1 atom stereocenters. The maximum Gasteiger partial charge on any atom is 0.337 e. The Hall–Kier alpha value is -3.11. The fraction of sp³-hybridized carbons (Fsp3) is 0.387. The summed E-state index contributed by atoms with van der Waals surface area (Å²) in [6.07, 6.45) is -0.551. The van der Waals surface area contributed by atoms with E-state index < -0.39 is 17.7 Å². The third-order valence-corrected chi connectivity index (χ3v) is 6.84. The van der Waals surface area contributed by atoms with Crippen molar-refractivity contribution in [2.24, 2.45) is 0 Å². The van der Waals surface area contributed by atoms with Crippen LogP contribution in [0, 0.1) is 34.6 Å². The second-order valence-electron chi connectivity index (χ2n) is 10.6. The number of carboxylic acid groups (broad SMARTS) is 1. The highest BCUT2D eigenvalue weighted by Gasteiger charge is 2.34. The molecular formula is C31H39NO3. The van der Waals surface area contributed by atoms with Gasteiger partial charge in [-0.05, 0) is 112 Å². The first-order chi connectivity index (χ1) is 16.3. The molecule has 35 heavy (non-hydrogen) atoms. The molecule has 0 aromatic heterocycles. The minimum absolute atomic E-state index is 0.592. The summed E-state index contributed by atoms with van der Waals surface area (Å²) in [5, 5.41) is 10.3. The van der Waals surface area contributed by atoms with E-state index in [0.717, 1.165) is 38.9 Å². The Labute approximate surface area is 210 Å². The molecule has 0 heterocycles. The van der Waals surface area contributed by atoms with Gasteiger partial charge in [-0.25, -0.2) is 4.79 Å². The Morgan fingerprint density at radius 1 is 0.886 bits per heavy atom. The summed E-state index contributed by atoms with van der Waals surface area (Å²) in [6.45, 7) is 18.1. The Balaban J connectivity index is 2.51. The van der Waals surface area contributed by atoms with Gasteiger partial charge in [0.05, 0.1) is 5.60 Å². The molecule has 0 saturated heterocycles. The van der Waals surface area contributed by atoms with Gasteiger partial charge in [0.2, 0.25) is 0 Å². The lowest BCUT2D eigenvalue weighted by molar-refractivity contribution is -0.160. The molecular weight excluding hydrogens is 434 g/mol. The fourth-order valence-corrected chi connectivity index (χ4v) is 4.77. The third kappa shape index (κ3) is 5.28. The molecule has 0 aliphatic rings. The van der Waals surface area contributed by atoms with Gasteiger partial charge in [0, 0.05) is 16.8 Å². The van der Waals surface area contributed by atoms with Crippen LogP contribution in [0.25, 0.3) is 22.3 Å². The van der Waals surface area contributed by atoms with Gasteiger partial charge >= 0.3 is 5.97 Å². The monoisotopic (exact) mass is 473 g/mol. The molecule has 0 spiro atoms. The molecule has 4 heteroatoms. The number of aryl methyl sites for hydroxylation is 4. The Bertz CT molecular complexity index is 1280. The molecule has 0 fully saturated rings. The van der Waals surface area contributed by atoms with Crippen LogP contribution in [-0.4, -0.2) is 16.7 Å². The number of rotatable bonds is 6. The minimum atomic E-state index is -1.14. The van der Waals surface area contributed by atoms with Crippen LogP contribution in [0.3, 0.4) is 0 Å². The minimum Gasteiger partial charge on any atom is -0.479 e. The van der Waals surface area contributed by atoms with E-state index in [9.17, 15) is 9.90 Å². The lowest BCUT2D eigenvalue weighted by Crippen LogP contribution is -2.29. The topological polar surface area (TPSA) is 72.5 Å². The van der Waals surface area contributed by atoms with Gasteiger partial charge in [-0.1, -0.05) is 43.3 Å². The highest BCUT2D eigenvalue weighted by molar-refractivity contribution is 5.93. The quantitative estimate of drug-likeness (QED) is 0.361. The number of carboxylic acids is 1. The van der Waals surface area contributed by atoms with Crippen molar-refractivity contribution < 1.29 is 14.6 Å². The van der Waals surface area contributed by atoms with Crippen molar-refractivity contribution >= 4 is 11.7 Å². The molecule has 3 aromatic rings. The molecule has 3 rings (SSSR count). The lowest BCUT2D eigenvalue weighted by atomic mass is 9.80. The Kier molecular flexibility index (Phi) is 7.47. The maximum absolute atomic E-state index is 12.6. The molecule has 4 nitrogen and oxygen atoms in total. The highest BCUT2D eigenvalue weighted by Crippen LogP contribution is 2.46. The summed E-state index contributed by atoms with van der Waals surface area (Å²) < 4.78 is 6.18. The zero-order valence-corrected chi connectivity index (χ0v) is 22.6. The number of hydrogen-bond acceptors (Lipinski definition) is 3. The SMILES string of the molecule is CCc1c(N)c(-c2ccc(C)c(C)c2)c(C)c(-c2ccc(C)c(C)c2)c1C(OC(C)(C)C)C(=O)O. The van der Waals surface area contributed by atoms with E-state index in [0.29, 0.717) is 17.7 Å². The molecule has 3 aromatic carbocycles. The number of hydrogen-bond donors (Lipinski definition) is 2. The first-order valence-corrected chi connectivity index (χ1v) is 12.3. The second-order valence-corrected chi connectivity index (χ2v) is 10.6. The molecule has 0 aliphatic heterocycles. The number of aliphatic carboxylic acids is 1. The van der Waals surface area contributed by atoms with E-state index in [4.69, 9.17) is 10.5 Å². The second kappa shape index (κ2) is 9.87. The summed E-state index contributed by atoms with van der Waals surface area (Å²) in [5.74, 6) is -1.02. The van der Waals surface area contributed by atoms with E-state index in [1.165, 1.54) is 16.7 Å². The number of ether oxygens (including phenoxy) is 1. The predicted octanol–water partition coefficient (Wildman–Crippen LogP) is 7.65. The smallest absolute Gasteiger partial charge is 0.337 e. The van der Waals surface area contributed by atoms with Gasteiger partial charge in [0.15, 0.2) is 6.10 Å². The van der Waals surface area contributed by atoms with Crippen LogP contribution >= 0.6 is 0 Å². The maximum atomic E-state index is 12.6. The van der Waals surface area contributed by atoms with Crippen LogP contribution in [0.2, 0.25) is 0 Å². The van der Waals surface area contributed by atoms with Crippen molar-refractivity contribution in [1.82, 2.24) is 0 Å². The van der Waals surface area contributed by atoms with Crippen molar-refractivity contribution in [2.45, 2.75) is 80.4 Å². The Morgan fingerprint density at radius 2 is 1.37 bits per heavy atom. The number of anilines is 1. The normalized spacial score (nSPS) is 12.6. The largest absolute Gasteiger partial charge is 0.479 e. The van der Waals surface area contributed by atoms with Crippen molar-refractivity contribution in [3.63, 3.8) is 0 Å². The van der Waals surface area contributed by atoms with Crippen molar-refractivity contribution in [2.75, 3.05) is 5.73 Å². The standard InChI is InChI=1S/C31H39NO3/c1-10-24-27(29(30(33)34)35-31(7,8)9)25(22-13-11-17(2)19(4)15-22)21(6)26(28(24)32)23-14-12-18(3)20(5)16-23/h11-16,29H,10,32H2,1-9H3,(H,33,34). The fourth-order valence-electron chi connectivity index (χ4n) is 4.77. The van der Waals surface area contributed by atoms with Gasteiger partial charge in [0.25, 0.3) is 0 Å². The summed E-state index contributed by atoms with van der Waals surface area (Å²) in [4.78, 5) is 12.6. The van der Waals surface area contributed by atoms with Gasteiger partial charge in [-0.15, -0.1) is 0 Å². The van der Waals surface area contributed by atoms with Crippen LogP contribution in [0.5, 0.6) is 0 Å². The first-order valence-electron chi connectivity index (χ1n) is 12.3. The average molecular weight is 474 g/mol. The van der Waals surface area contributed by atoms with Crippen molar-refractivity contribution in [3.05, 3.63) is 75.3 Å². The molecule has 0 radical (unpaired) electrons. The lowest BCUT2D eigenvalue weighted by Gasteiger charge is -2.31. The van der Waals surface area contributed by atoms with Crippen molar-refractivity contribution in [1.29, 1.82) is 0 Å². The number of nitrogens with two attached hydrogens (primary N) is 1. The summed E-state index contributed by atoms with van der Waals surface area (Å²) in [7, 11) is 0. The summed E-state index contributed by atoms with van der Waals surface area (Å²) >= 11 is 0. The van der Waals surface area contributed by atoms with Crippen LogP contribution in [0.4, 0.5) is 5.69 Å². The zero-order chi connectivity index (χ0) is 26.2. The number of carbonyl (C=O) groups is 1. The molecule has 0 bridgehead atoms. The van der Waals surface area contributed by atoms with Crippen molar-refractivity contribution in [3.8, 4) is 22.3 Å². The average Bonchev–Trinajstić information content (AvgIpc) is 2.75. The van der Waals surface area contributed by atoms with E-state index in [1.807, 2.05) is 34.6 Å². The molecule has 3 N–H and O–H groups in total. The first kappa shape index (κ1) is 26.5. The van der Waals surface area contributed by atoms with E-state index >= 15 is 0 Å². The molecule has 1 unspecified atom stereocenters. The number of nitrogen functional groups attached to an aromatic ring is 1. The van der Waals surface area contributed by atoms with Crippen LogP contribution < -0.4 is 5.73 Å². The summed E-state index contributed by atoms with van der Waals surface area (Å²) in [6, 6.07) is 12.7. The number of benzene rings is 3. The van der Waals surface area contributed by atoms with E-state index in [1.54, 1.807) is 0 Å². The summed E-state index contributed by atoms with van der Waals surface area (Å²) in [5.41, 5.74) is 17.9. The van der Waals surface area contributed by atoms with Gasteiger partial charge < -0.3 is 15.6 Å². The molecule has 0 aliphatic carbocycles.